The van der Waals surface area contributed by atoms with Crippen molar-refractivity contribution in [2.45, 2.75) is 36.6 Å². The maximum Gasteiger partial charge on any atom is 0.389 e. The highest BCUT2D eigenvalue weighted by atomic mass is 32.2. The van der Waals surface area contributed by atoms with Gasteiger partial charge in [-0.2, -0.15) is 13.2 Å². The third-order valence-electron chi connectivity index (χ3n) is 2.63. The number of likely N-dealkylation sites (N-methyl/N-ethyl adjacent to an activating group) is 1. The van der Waals surface area contributed by atoms with Crippen LogP contribution in [0.3, 0.4) is 0 Å². The van der Waals surface area contributed by atoms with E-state index in [1.807, 2.05) is 6.92 Å². The van der Waals surface area contributed by atoms with Crippen LogP contribution in [0.15, 0.2) is 16.3 Å². The van der Waals surface area contributed by atoms with E-state index >= 15 is 0 Å². The molecule has 0 saturated heterocycles. The molecule has 0 aromatic carbocycles. The first-order valence-corrected chi connectivity index (χ1v) is 8.90. The Bertz CT molecular complexity index is 527. The molecule has 0 unspecified atom stereocenters. The van der Waals surface area contributed by atoms with Crippen LogP contribution in [0.5, 0.6) is 0 Å². The molecular formula is C12H19F3N2O2S2. The van der Waals surface area contributed by atoms with E-state index in [0.29, 0.717) is 0 Å². The van der Waals surface area contributed by atoms with Crippen LogP contribution in [0.1, 0.15) is 24.6 Å². The molecule has 0 bridgehead atoms. The lowest BCUT2D eigenvalue weighted by molar-refractivity contribution is -0.135. The molecule has 4 nitrogen and oxygen atoms in total. The van der Waals surface area contributed by atoms with Crippen molar-refractivity contribution in [3.8, 4) is 0 Å². The highest BCUT2D eigenvalue weighted by Crippen LogP contribution is 2.23. The molecule has 1 heterocycles. The maximum absolute atomic E-state index is 12.0. The highest BCUT2D eigenvalue weighted by molar-refractivity contribution is 7.91. The van der Waals surface area contributed by atoms with E-state index in [1.165, 1.54) is 6.07 Å². The summed E-state index contributed by atoms with van der Waals surface area (Å²) in [5.41, 5.74) is 0. The number of hydrogen-bond acceptors (Lipinski definition) is 4. The molecule has 0 amide bonds. The number of rotatable bonds is 9. The van der Waals surface area contributed by atoms with Crippen molar-refractivity contribution in [1.29, 1.82) is 0 Å². The minimum atomic E-state index is -4.26. The summed E-state index contributed by atoms with van der Waals surface area (Å²) in [7, 11) is -3.71. The third kappa shape index (κ3) is 7.25. The van der Waals surface area contributed by atoms with Gasteiger partial charge in [-0.1, -0.05) is 6.92 Å². The number of thiophene rings is 1. The molecule has 122 valence electrons. The van der Waals surface area contributed by atoms with E-state index in [1.54, 1.807) is 6.07 Å². The summed E-state index contributed by atoms with van der Waals surface area (Å²) >= 11 is 1.14. The number of halogens is 3. The second-order valence-electron chi connectivity index (χ2n) is 4.44. The molecule has 0 saturated carbocycles. The van der Waals surface area contributed by atoms with Gasteiger partial charge in [-0.15, -0.1) is 11.3 Å². The number of nitrogens with one attached hydrogen (secondary N) is 2. The molecule has 0 aliphatic rings. The van der Waals surface area contributed by atoms with Crippen LogP contribution in [0, 0.1) is 0 Å². The molecule has 0 aliphatic carbocycles. The molecule has 0 aliphatic heterocycles. The van der Waals surface area contributed by atoms with E-state index in [9.17, 15) is 21.6 Å². The Morgan fingerprint density at radius 2 is 1.95 bits per heavy atom. The topological polar surface area (TPSA) is 58.2 Å². The zero-order chi connectivity index (χ0) is 15.9. The average Bonchev–Trinajstić information content (AvgIpc) is 2.84. The van der Waals surface area contributed by atoms with Crippen molar-refractivity contribution >= 4 is 21.4 Å². The molecule has 9 heteroatoms. The maximum atomic E-state index is 12.0. The molecule has 21 heavy (non-hydrogen) atoms. The Morgan fingerprint density at radius 3 is 2.57 bits per heavy atom. The zero-order valence-corrected chi connectivity index (χ0v) is 13.3. The monoisotopic (exact) mass is 344 g/mol. The number of sulfonamides is 1. The molecular weight excluding hydrogens is 325 g/mol. The van der Waals surface area contributed by atoms with Gasteiger partial charge < -0.3 is 5.32 Å². The third-order valence-corrected chi connectivity index (χ3v) is 5.73. The molecule has 0 spiro atoms. The first kappa shape index (κ1) is 18.4. The number of alkyl halides is 3. The van der Waals surface area contributed by atoms with Crippen molar-refractivity contribution in [3.05, 3.63) is 17.0 Å². The summed E-state index contributed by atoms with van der Waals surface area (Å²) in [4.78, 5) is 0.923. The summed E-state index contributed by atoms with van der Waals surface area (Å²) < 4.78 is 62.0. The van der Waals surface area contributed by atoms with E-state index in [4.69, 9.17) is 0 Å². The lowest BCUT2D eigenvalue weighted by Crippen LogP contribution is -2.25. The van der Waals surface area contributed by atoms with Crippen LogP contribution in [-0.4, -0.2) is 34.2 Å². The zero-order valence-electron chi connectivity index (χ0n) is 11.7. The Labute approximate surface area is 126 Å². The molecule has 1 aromatic rings. The van der Waals surface area contributed by atoms with Crippen molar-refractivity contribution in [1.82, 2.24) is 10.0 Å². The fourth-order valence-corrected chi connectivity index (χ4v) is 4.07. The van der Waals surface area contributed by atoms with E-state index in [2.05, 4.69) is 10.0 Å². The van der Waals surface area contributed by atoms with Gasteiger partial charge in [0.05, 0.1) is 0 Å². The molecule has 0 atom stereocenters. The van der Waals surface area contributed by atoms with Crippen molar-refractivity contribution in [2.24, 2.45) is 0 Å². The predicted octanol–water partition coefficient (Wildman–Crippen LogP) is 2.52. The summed E-state index contributed by atoms with van der Waals surface area (Å²) in [5, 5.41) is 3.14. The Morgan fingerprint density at radius 1 is 1.24 bits per heavy atom. The van der Waals surface area contributed by atoms with Gasteiger partial charge in [0.1, 0.15) is 4.21 Å². The summed E-state index contributed by atoms with van der Waals surface area (Å²) in [5.74, 6) is 0. The van der Waals surface area contributed by atoms with Gasteiger partial charge in [0.25, 0.3) is 0 Å². The van der Waals surface area contributed by atoms with Crippen LogP contribution in [0.4, 0.5) is 13.2 Å². The smallest absolute Gasteiger partial charge is 0.317 e. The lowest BCUT2D eigenvalue weighted by Gasteiger charge is -2.07. The standard InChI is InChI=1S/C12H19F3N2O2S2/c1-2-16-9-6-10-4-5-11(20-10)21(18,19)17-8-3-7-12(13,14)15/h4-5,16-17H,2-3,6-9H2,1H3. The van der Waals surface area contributed by atoms with Gasteiger partial charge in [-0.25, -0.2) is 13.1 Å². The fraction of sp³-hybridized carbons (Fsp3) is 0.667. The molecule has 1 rings (SSSR count). The molecule has 0 fully saturated rings. The second kappa shape index (κ2) is 8.11. The highest BCUT2D eigenvalue weighted by Gasteiger charge is 2.26. The largest absolute Gasteiger partial charge is 0.389 e. The number of hydrogen-bond donors (Lipinski definition) is 2. The first-order valence-electron chi connectivity index (χ1n) is 6.60. The lowest BCUT2D eigenvalue weighted by atomic mass is 10.3. The summed E-state index contributed by atoms with van der Waals surface area (Å²) in [6, 6.07) is 3.21. The molecule has 2 N–H and O–H groups in total. The van der Waals surface area contributed by atoms with Crippen molar-refractivity contribution in [3.63, 3.8) is 0 Å². The van der Waals surface area contributed by atoms with Gasteiger partial charge in [-0.3, -0.25) is 0 Å². The van der Waals surface area contributed by atoms with Crippen LogP contribution in [0.2, 0.25) is 0 Å². The average molecular weight is 344 g/mol. The van der Waals surface area contributed by atoms with Crippen molar-refractivity contribution in [2.75, 3.05) is 19.6 Å². The van der Waals surface area contributed by atoms with Crippen LogP contribution < -0.4 is 10.0 Å². The SMILES string of the molecule is CCNCCc1ccc(S(=O)(=O)NCCCC(F)(F)F)s1. The normalized spacial score (nSPS) is 12.8. The van der Waals surface area contributed by atoms with Gasteiger partial charge in [0, 0.05) is 17.8 Å². The summed E-state index contributed by atoms with van der Waals surface area (Å²) in [6.45, 7) is 3.37. The van der Waals surface area contributed by atoms with Gasteiger partial charge in [-0.05, 0) is 38.1 Å². The van der Waals surface area contributed by atoms with Crippen LogP contribution >= 0.6 is 11.3 Å². The van der Waals surface area contributed by atoms with Gasteiger partial charge in [0.15, 0.2) is 0 Å². The first-order chi connectivity index (χ1) is 9.74. The van der Waals surface area contributed by atoms with E-state index in [-0.39, 0.29) is 17.2 Å². The minimum absolute atomic E-state index is 0.140. The quantitative estimate of drug-likeness (QED) is 0.677. The molecule has 1 aromatic heterocycles. The Hall–Kier alpha value is -0.640. The Balaban J connectivity index is 2.47. The minimum Gasteiger partial charge on any atom is -0.317 e. The van der Waals surface area contributed by atoms with Crippen molar-refractivity contribution < 1.29 is 21.6 Å². The van der Waals surface area contributed by atoms with Gasteiger partial charge in [0.2, 0.25) is 10.0 Å². The predicted molar refractivity (Wildman–Crippen MR) is 77.0 cm³/mol. The van der Waals surface area contributed by atoms with E-state index in [0.717, 1.165) is 35.7 Å². The van der Waals surface area contributed by atoms with E-state index < -0.39 is 22.6 Å². The fourth-order valence-electron chi connectivity index (χ4n) is 1.59. The molecule has 0 radical (unpaired) electrons. The van der Waals surface area contributed by atoms with Gasteiger partial charge >= 0.3 is 6.18 Å². The van der Waals surface area contributed by atoms with Crippen LogP contribution in [0.25, 0.3) is 0 Å². The summed E-state index contributed by atoms with van der Waals surface area (Å²) in [6.07, 6.45) is -4.79. The van der Waals surface area contributed by atoms with Crippen LogP contribution in [-0.2, 0) is 16.4 Å². The second-order valence-corrected chi connectivity index (χ2v) is 7.60. The Kier molecular flexibility index (Phi) is 7.11.